The van der Waals surface area contributed by atoms with Gasteiger partial charge in [0.25, 0.3) is 0 Å². The highest BCUT2D eigenvalue weighted by Crippen LogP contribution is 2.22. The van der Waals surface area contributed by atoms with E-state index in [-0.39, 0.29) is 24.9 Å². The van der Waals surface area contributed by atoms with Crippen LogP contribution < -0.4 is 22.1 Å². The number of carbonyl (C=O) groups excluding carboxylic acids is 2. The molecule has 2 rings (SSSR count). The molecule has 10 heteroatoms. The first-order chi connectivity index (χ1) is 8.97. The number of nitrogen functional groups attached to an aromatic ring is 1. The Balaban J connectivity index is 2.50. The summed E-state index contributed by atoms with van der Waals surface area (Å²) in [6.45, 7) is -0.445. The van der Waals surface area contributed by atoms with Crippen molar-refractivity contribution >= 4 is 34.6 Å². The lowest BCUT2D eigenvalue weighted by Crippen LogP contribution is -2.40. The zero-order valence-electron chi connectivity index (χ0n) is 9.83. The molecule has 2 amide bonds. The summed E-state index contributed by atoms with van der Waals surface area (Å²) in [7, 11) is 0. The molecule has 0 radical (unpaired) electrons. The molecule has 0 aliphatic heterocycles. The summed E-state index contributed by atoms with van der Waals surface area (Å²) in [5.74, 6) is -1.01. The molecule has 19 heavy (non-hydrogen) atoms. The Morgan fingerprint density at radius 2 is 1.84 bits per heavy atom. The van der Waals surface area contributed by atoms with Crippen LogP contribution in [0.1, 0.15) is 0 Å². The van der Waals surface area contributed by atoms with Crippen molar-refractivity contribution in [2.45, 2.75) is 0 Å². The van der Waals surface area contributed by atoms with Crippen molar-refractivity contribution in [3.8, 4) is 0 Å². The molecule has 0 unspecified atom stereocenters. The second-order valence-electron chi connectivity index (χ2n) is 3.83. The van der Waals surface area contributed by atoms with Crippen molar-refractivity contribution in [1.82, 2.24) is 20.2 Å². The summed E-state index contributed by atoms with van der Waals surface area (Å²) in [6, 6.07) is 0. The molecular weight excluding hydrogens is 252 g/mol. The van der Waals surface area contributed by atoms with Crippen LogP contribution >= 0.6 is 0 Å². The number of hydrogen-bond donors (Lipinski definition) is 4. The molecule has 0 aromatic carbocycles. The molecular formula is C9H12N8O2. The standard InChI is InChI=1S/C9H12N8O2/c10-5(18)2-17(3-6(11)19)8-4-1-13-16-7(4)14-9(12)15-8/h1H,2-3H2,(H2,10,18)(H2,11,19)(H3,12,13,14,15,16). The van der Waals surface area contributed by atoms with E-state index >= 15 is 0 Å². The van der Waals surface area contributed by atoms with Crippen molar-refractivity contribution in [3.63, 3.8) is 0 Å². The van der Waals surface area contributed by atoms with Gasteiger partial charge in [-0.2, -0.15) is 15.1 Å². The molecule has 0 aliphatic carbocycles. The number of primary amides is 2. The maximum absolute atomic E-state index is 11.1. The fourth-order valence-electron chi connectivity index (χ4n) is 1.66. The lowest BCUT2D eigenvalue weighted by atomic mass is 10.3. The van der Waals surface area contributed by atoms with Gasteiger partial charge in [0, 0.05) is 0 Å². The monoisotopic (exact) mass is 264 g/mol. The van der Waals surface area contributed by atoms with Crippen molar-refractivity contribution in [2.24, 2.45) is 11.5 Å². The Kier molecular flexibility index (Phi) is 3.14. The number of hydrogen-bond acceptors (Lipinski definition) is 7. The van der Waals surface area contributed by atoms with Crippen LogP contribution in [0.15, 0.2) is 6.20 Å². The Hall–Kier alpha value is -2.91. The predicted octanol–water partition coefficient (Wildman–Crippen LogP) is -2.29. The fraction of sp³-hybridized carbons (Fsp3) is 0.222. The number of aromatic amines is 1. The van der Waals surface area contributed by atoms with Gasteiger partial charge in [0.15, 0.2) is 5.65 Å². The number of anilines is 2. The smallest absolute Gasteiger partial charge is 0.237 e. The summed E-state index contributed by atoms with van der Waals surface area (Å²) >= 11 is 0. The zero-order chi connectivity index (χ0) is 14.0. The van der Waals surface area contributed by atoms with Crippen LogP contribution in [0.5, 0.6) is 0 Å². The predicted molar refractivity (Wildman–Crippen MR) is 66.7 cm³/mol. The third-order valence-corrected chi connectivity index (χ3v) is 2.30. The lowest BCUT2D eigenvalue weighted by molar-refractivity contribution is -0.117. The first-order valence-corrected chi connectivity index (χ1v) is 5.25. The van der Waals surface area contributed by atoms with E-state index in [1.807, 2.05) is 0 Å². The van der Waals surface area contributed by atoms with Crippen molar-refractivity contribution in [1.29, 1.82) is 0 Å². The minimum absolute atomic E-state index is 0.0225. The minimum atomic E-state index is -0.630. The molecule has 2 aromatic heterocycles. The Labute approximate surface area is 107 Å². The van der Waals surface area contributed by atoms with Crippen LogP contribution in [0.3, 0.4) is 0 Å². The Bertz CT molecular complexity index is 620. The van der Waals surface area contributed by atoms with Crippen molar-refractivity contribution < 1.29 is 9.59 Å². The maximum Gasteiger partial charge on any atom is 0.237 e. The third kappa shape index (κ3) is 2.68. The minimum Gasteiger partial charge on any atom is -0.368 e. The van der Waals surface area contributed by atoms with Gasteiger partial charge in [-0.3, -0.25) is 14.7 Å². The molecule has 0 saturated heterocycles. The van der Waals surface area contributed by atoms with E-state index in [0.717, 1.165) is 0 Å². The molecule has 2 aromatic rings. The van der Waals surface area contributed by atoms with Crippen LogP contribution in [0.4, 0.5) is 11.8 Å². The van der Waals surface area contributed by atoms with E-state index < -0.39 is 11.8 Å². The van der Waals surface area contributed by atoms with Crippen molar-refractivity contribution in [2.75, 3.05) is 23.7 Å². The van der Waals surface area contributed by atoms with Gasteiger partial charge < -0.3 is 22.1 Å². The van der Waals surface area contributed by atoms with E-state index in [0.29, 0.717) is 11.0 Å². The fourth-order valence-corrected chi connectivity index (χ4v) is 1.66. The SMILES string of the molecule is NC(=O)CN(CC(N)=O)c1nc(N)nc2[nH]ncc12. The van der Waals surface area contributed by atoms with E-state index in [2.05, 4.69) is 20.2 Å². The van der Waals surface area contributed by atoms with E-state index in [9.17, 15) is 9.59 Å². The molecule has 0 saturated carbocycles. The number of aromatic nitrogens is 4. The summed E-state index contributed by atoms with van der Waals surface area (Å²) in [5, 5.41) is 6.93. The van der Waals surface area contributed by atoms with Gasteiger partial charge in [-0.05, 0) is 0 Å². The van der Waals surface area contributed by atoms with Gasteiger partial charge in [0.1, 0.15) is 5.82 Å². The summed E-state index contributed by atoms with van der Waals surface area (Å²) in [4.78, 5) is 31.4. The molecule has 100 valence electrons. The van der Waals surface area contributed by atoms with Crippen LogP contribution in [0, 0.1) is 0 Å². The Morgan fingerprint density at radius 3 is 2.42 bits per heavy atom. The number of carbonyl (C=O) groups is 2. The first kappa shape index (κ1) is 12.5. The van der Waals surface area contributed by atoms with Gasteiger partial charge in [-0.1, -0.05) is 0 Å². The van der Waals surface area contributed by atoms with Crippen LogP contribution in [-0.2, 0) is 9.59 Å². The second-order valence-corrected chi connectivity index (χ2v) is 3.83. The Morgan fingerprint density at radius 1 is 1.21 bits per heavy atom. The van der Waals surface area contributed by atoms with Crippen molar-refractivity contribution in [3.05, 3.63) is 6.20 Å². The largest absolute Gasteiger partial charge is 0.368 e. The second kappa shape index (κ2) is 4.76. The molecule has 2 heterocycles. The number of nitrogens with one attached hydrogen (secondary N) is 1. The van der Waals surface area contributed by atoms with Gasteiger partial charge in [-0.15, -0.1) is 0 Å². The van der Waals surface area contributed by atoms with Gasteiger partial charge in [-0.25, -0.2) is 0 Å². The van der Waals surface area contributed by atoms with Gasteiger partial charge in [0.05, 0.1) is 24.7 Å². The molecule has 0 spiro atoms. The molecule has 7 N–H and O–H groups in total. The summed E-state index contributed by atoms with van der Waals surface area (Å²) in [5.41, 5.74) is 16.2. The average molecular weight is 264 g/mol. The number of nitrogens with zero attached hydrogens (tertiary/aromatic N) is 4. The van der Waals surface area contributed by atoms with Gasteiger partial charge >= 0.3 is 0 Å². The van der Waals surface area contributed by atoms with Crippen LogP contribution in [0.25, 0.3) is 11.0 Å². The highest BCUT2D eigenvalue weighted by atomic mass is 16.2. The summed E-state index contributed by atoms with van der Waals surface area (Å²) in [6.07, 6.45) is 1.46. The molecule has 0 fully saturated rings. The molecule has 10 nitrogen and oxygen atoms in total. The highest BCUT2D eigenvalue weighted by molar-refractivity contribution is 5.92. The number of rotatable bonds is 5. The van der Waals surface area contributed by atoms with Gasteiger partial charge in [0.2, 0.25) is 17.8 Å². The van der Waals surface area contributed by atoms with Crippen LogP contribution in [-0.4, -0.2) is 45.1 Å². The van der Waals surface area contributed by atoms with E-state index in [4.69, 9.17) is 17.2 Å². The number of fused-ring (bicyclic) bond motifs is 1. The van der Waals surface area contributed by atoms with E-state index in [1.165, 1.54) is 11.1 Å². The summed E-state index contributed by atoms with van der Waals surface area (Å²) < 4.78 is 0. The number of nitrogens with two attached hydrogens (primary N) is 3. The number of amides is 2. The highest BCUT2D eigenvalue weighted by Gasteiger charge is 2.18. The normalized spacial score (nSPS) is 10.5. The molecule has 0 aliphatic rings. The number of H-pyrrole nitrogens is 1. The third-order valence-electron chi connectivity index (χ3n) is 2.30. The first-order valence-electron chi connectivity index (χ1n) is 5.25. The maximum atomic E-state index is 11.1. The quantitative estimate of drug-likeness (QED) is 0.470. The molecule has 0 bridgehead atoms. The zero-order valence-corrected chi connectivity index (χ0v) is 9.83. The molecule has 0 atom stereocenters. The average Bonchev–Trinajstić information content (AvgIpc) is 2.73. The topological polar surface area (TPSA) is 170 Å². The lowest BCUT2D eigenvalue weighted by Gasteiger charge is -2.20. The van der Waals surface area contributed by atoms with Crippen LogP contribution in [0.2, 0.25) is 0 Å². The van der Waals surface area contributed by atoms with E-state index in [1.54, 1.807) is 0 Å².